The van der Waals surface area contributed by atoms with Crippen LogP contribution in [0.4, 0.5) is 4.39 Å². The summed E-state index contributed by atoms with van der Waals surface area (Å²) in [6, 6.07) is 4.89. The Hall–Kier alpha value is -1.67. The van der Waals surface area contributed by atoms with Crippen molar-refractivity contribution in [3.05, 3.63) is 47.8 Å². The molecule has 2 atom stereocenters. The van der Waals surface area contributed by atoms with Gasteiger partial charge < -0.3 is 20.4 Å². The van der Waals surface area contributed by atoms with E-state index >= 15 is 0 Å². The maximum atomic E-state index is 14.5. The van der Waals surface area contributed by atoms with E-state index in [9.17, 15) is 9.18 Å². The first-order valence-electron chi connectivity index (χ1n) is 9.18. The van der Waals surface area contributed by atoms with Crippen LogP contribution in [0, 0.1) is 18.2 Å². The van der Waals surface area contributed by atoms with Crippen LogP contribution in [-0.4, -0.2) is 33.7 Å². The Morgan fingerprint density at radius 3 is 2.62 bits per heavy atom. The molecule has 0 saturated heterocycles. The van der Waals surface area contributed by atoms with Gasteiger partial charge in [0.15, 0.2) is 0 Å². The van der Waals surface area contributed by atoms with Crippen molar-refractivity contribution in [2.45, 2.75) is 52.3 Å². The highest BCUT2D eigenvalue weighted by Gasteiger charge is 2.62. The molecular formula is C20H29Cl2FN4O2. The number of nitrogens with one attached hydrogen (secondary N) is 1. The van der Waals surface area contributed by atoms with Crippen LogP contribution in [0.25, 0.3) is 5.69 Å². The lowest BCUT2D eigenvalue weighted by atomic mass is 9.54. The second kappa shape index (κ2) is 9.43. The van der Waals surface area contributed by atoms with E-state index in [2.05, 4.69) is 10.3 Å². The quantitative estimate of drug-likeness (QED) is 0.712. The summed E-state index contributed by atoms with van der Waals surface area (Å²) in [7, 11) is 0. The van der Waals surface area contributed by atoms with Gasteiger partial charge in [0.1, 0.15) is 17.2 Å². The molecule has 1 amide bonds. The van der Waals surface area contributed by atoms with Crippen LogP contribution in [0.2, 0.25) is 0 Å². The van der Waals surface area contributed by atoms with E-state index in [1.165, 1.54) is 6.07 Å². The van der Waals surface area contributed by atoms with Crippen molar-refractivity contribution in [2.24, 2.45) is 11.1 Å². The van der Waals surface area contributed by atoms with Crippen molar-refractivity contribution in [1.29, 1.82) is 0 Å². The molecule has 1 aliphatic rings. The lowest BCUT2D eigenvalue weighted by molar-refractivity contribution is -0.170. The SMILES string of the molecule is CCOC1CC(N)(C(=O)NCc2ccc(-n3ccnc3C)c(F)c2)C1(C)C.Cl.Cl. The first-order valence-corrected chi connectivity index (χ1v) is 9.18. The number of nitrogens with zero attached hydrogens (tertiary/aromatic N) is 2. The standard InChI is InChI=1S/C20H27FN4O2.2ClH/c1-5-27-17-11-20(22,19(17,3)4)18(26)24-12-14-6-7-16(15(21)10-14)25-9-8-23-13(25)2;;/h6-10,17H,5,11-12,22H2,1-4H3,(H,24,26);2*1H. The molecule has 6 nitrogen and oxygen atoms in total. The lowest BCUT2D eigenvalue weighted by Crippen LogP contribution is -2.75. The van der Waals surface area contributed by atoms with Gasteiger partial charge in [-0.2, -0.15) is 0 Å². The van der Waals surface area contributed by atoms with Crippen molar-refractivity contribution in [3.8, 4) is 5.69 Å². The predicted octanol–water partition coefficient (Wildman–Crippen LogP) is 3.31. The van der Waals surface area contributed by atoms with Crippen LogP contribution in [0.1, 0.15) is 38.6 Å². The van der Waals surface area contributed by atoms with Crippen molar-refractivity contribution in [1.82, 2.24) is 14.9 Å². The second-order valence-corrected chi connectivity index (χ2v) is 7.65. The fourth-order valence-electron chi connectivity index (χ4n) is 3.65. The van der Waals surface area contributed by atoms with Crippen molar-refractivity contribution in [2.75, 3.05) is 6.61 Å². The number of hydrogen-bond donors (Lipinski definition) is 2. The molecule has 1 saturated carbocycles. The number of carbonyl (C=O) groups is 1. The maximum absolute atomic E-state index is 14.5. The number of halogens is 3. The monoisotopic (exact) mass is 446 g/mol. The van der Waals surface area contributed by atoms with Crippen LogP contribution >= 0.6 is 24.8 Å². The molecule has 29 heavy (non-hydrogen) atoms. The van der Waals surface area contributed by atoms with Gasteiger partial charge in [0.05, 0.1) is 11.8 Å². The number of aromatic nitrogens is 2. The summed E-state index contributed by atoms with van der Waals surface area (Å²) in [6.07, 6.45) is 3.78. The molecule has 1 heterocycles. The first kappa shape index (κ1) is 25.4. The van der Waals surface area contributed by atoms with E-state index in [-0.39, 0.29) is 49.2 Å². The molecule has 1 fully saturated rings. The molecule has 0 radical (unpaired) electrons. The van der Waals surface area contributed by atoms with Crippen molar-refractivity contribution < 1.29 is 13.9 Å². The fraction of sp³-hybridized carbons (Fsp3) is 0.500. The third-order valence-electron chi connectivity index (χ3n) is 5.79. The minimum Gasteiger partial charge on any atom is -0.378 e. The zero-order valence-corrected chi connectivity index (χ0v) is 18.7. The van der Waals surface area contributed by atoms with Gasteiger partial charge in [0.25, 0.3) is 0 Å². The summed E-state index contributed by atoms with van der Waals surface area (Å²) < 4.78 is 21.8. The molecule has 1 aliphatic carbocycles. The Morgan fingerprint density at radius 1 is 1.41 bits per heavy atom. The van der Waals surface area contributed by atoms with Crippen molar-refractivity contribution in [3.63, 3.8) is 0 Å². The Labute approximate surface area is 183 Å². The topological polar surface area (TPSA) is 82.2 Å². The van der Waals surface area contributed by atoms with Crippen LogP contribution in [0.5, 0.6) is 0 Å². The van der Waals surface area contributed by atoms with Gasteiger partial charge in [-0.15, -0.1) is 24.8 Å². The van der Waals surface area contributed by atoms with E-state index in [1.807, 2.05) is 27.7 Å². The van der Waals surface area contributed by atoms with Gasteiger partial charge >= 0.3 is 0 Å². The predicted molar refractivity (Wildman–Crippen MR) is 115 cm³/mol. The average molecular weight is 447 g/mol. The molecule has 1 aromatic heterocycles. The first-order chi connectivity index (χ1) is 12.7. The van der Waals surface area contributed by atoms with E-state index in [1.54, 1.807) is 29.1 Å². The molecular weight excluding hydrogens is 418 g/mol. The van der Waals surface area contributed by atoms with E-state index in [0.717, 1.165) is 0 Å². The van der Waals surface area contributed by atoms with E-state index in [4.69, 9.17) is 10.5 Å². The zero-order valence-electron chi connectivity index (χ0n) is 17.1. The summed E-state index contributed by atoms with van der Waals surface area (Å²) in [6.45, 7) is 8.43. The summed E-state index contributed by atoms with van der Waals surface area (Å²) >= 11 is 0. The summed E-state index contributed by atoms with van der Waals surface area (Å²) in [5, 5.41) is 2.85. The highest BCUT2D eigenvalue weighted by Crippen LogP contribution is 2.49. The Balaban J connectivity index is 0.00000210. The Bertz CT molecular complexity index is 859. The number of hydrogen-bond acceptors (Lipinski definition) is 4. The van der Waals surface area contributed by atoms with Gasteiger partial charge in [0.2, 0.25) is 5.91 Å². The highest BCUT2D eigenvalue weighted by atomic mass is 35.5. The fourth-order valence-corrected chi connectivity index (χ4v) is 3.65. The normalized spacial score (nSPS) is 22.1. The number of ether oxygens (including phenoxy) is 1. The van der Waals surface area contributed by atoms with E-state index < -0.39 is 11.0 Å². The van der Waals surface area contributed by atoms with E-state index in [0.29, 0.717) is 30.1 Å². The number of amides is 1. The number of rotatable bonds is 6. The summed E-state index contributed by atoms with van der Waals surface area (Å²) in [5.41, 5.74) is 6.02. The highest BCUT2D eigenvalue weighted by molar-refractivity contribution is 5.88. The van der Waals surface area contributed by atoms with Crippen LogP contribution < -0.4 is 11.1 Å². The van der Waals surface area contributed by atoms with Gasteiger partial charge in [0, 0.05) is 37.4 Å². The lowest BCUT2D eigenvalue weighted by Gasteiger charge is -2.57. The number of carbonyl (C=O) groups excluding carboxylic acids is 1. The van der Waals surface area contributed by atoms with Gasteiger partial charge in [-0.3, -0.25) is 4.79 Å². The van der Waals surface area contributed by atoms with Gasteiger partial charge in [-0.25, -0.2) is 9.37 Å². The van der Waals surface area contributed by atoms with Crippen LogP contribution in [0.3, 0.4) is 0 Å². The third-order valence-corrected chi connectivity index (χ3v) is 5.79. The number of imidazole rings is 1. The molecule has 0 aliphatic heterocycles. The molecule has 0 bridgehead atoms. The summed E-state index contributed by atoms with van der Waals surface area (Å²) in [4.78, 5) is 16.8. The minimum absolute atomic E-state index is 0. The molecule has 2 aromatic rings. The zero-order chi connectivity index (χ0) is 19.8. The molecule has 3 N–H and O–H groups in total. The maximum Gasteiger partial charge on any atom is 0.241 e. The molecule has 9 heteroatoms. The largest absolute Gasteiger partial charge is 0.378 e. The van der Waals surface area contributed by atoms with Gasteiger partial charge in [-0.05, 0) is 31.5 Å². The smallest absolute Gasteiger partial charge is 0.241 e. The van der Waals surface area contributed by atoms with Crippen molar-refractivity contribution >= 4 is 30.7 Å². The molecule has 0 spiro atoms. The summed E-state index contributed by atoms with van der Waals surface area (Å²) in [5.74, 6) is 0.0974. The number of benzene rings is 1. The van der Waals surface area contributed by atoms with Gasteiger partial charge in [-0.1, -0.05) is 19.9 Å². The second-order valence-electron chi connectivity index (χ2n) is 7.65. The molecule has 3 rings (SSSR count). The Kier molecular flexibility index (Phi) is 8.25. The minimum atomic E-state index is -0.987. The number of nitrogens with two attached hydrogens (primary N) is 1. The van der Waals surface area contributed by atoms with Crippen LogP contribution in [-0.2, 0) is 16.1 Å². The average Bonchev–Trinajstić information content (AvgIpc) is 3.05. The third kappa shape index (κ3) is 4.43. The molecule has 2 unspecified atom stereocenters. The number of aryl methyl sites for hydroxylation is 1. The molecule has 1 aromatic carbocycles. The molecule has 162 valence electrons. The van der Waals surface area contributed by atoms with Crippen LogP contribution in [0.15, 0.2) is 30.6 Å². The Morgan fingerprint density at radius 2 is 2.10 bits per heavy atom.